The number of amides is 5. The number of carbonyl (C=O) groups is 4. The fourth-order valence-electron chi connectivity index (χ4n) is 3.77. The van der Waals surface area contributed by atoms with Crippen molar-refractivity contribution < 1.29 is 23.9 Å². The van der Waals surface area contributed by atoms with Crippen LogP contribution in [0.3, 0.4) is 0 Å². The van der Waals surface area contributed by atoms with Crippen molar-refractivity contribution in [1.29, 1.82) is 0 Å². The van der Waals surface area contributed by atoms with Crippen molar-refractivity contribution in [3.63, 3.8) is 0 Å². The summed E-state index contributed by atoms with van der Waals surface area (Å²) < 4.78 is 4.98. The number of nitrogens with one attached hydrogen (secondary N) is 1. The van der Waals surface area contributed by atoms with Gasteiger partial charge in [0.05, 0.1) is 11.1 Å². The highest BCUT2D eigenvalue weighted by Gasteiger charge is 2.35. The number of hydrogen-bond acceptors (Lipinski definition) is 5. The summed E-state index contributed by atoms with van der Waals surface area (Å²) in [4.78, 5) is 54.3. The minimum atomic E-state index is -0.378. The van der Waals surface area contributed by atoms with Gasteiger partial charge in [0.1, 0.15) is 0 Å². The van der Waals surface area contributed by atoms with Crippen LogP contribution < -0.4 is 5.32 Å². The molecule has 0 unspecified atom stereocenters. The predicted octanol–water partition coefficient (Wildman–Crippen LogP) is 1.19. The molecule has 0 bridgehead atoms. The maximum atomic E-state index is 12.7. The lowest BCUT2D eigenvalue weighted by molar-refractivity contribution is 0.0638. The van der Waals surface area contributed by atoms with Crippen molar-refractivity contribution in [1.82, 2.24) is 20.0 Å². The van der Waals surface area contributed by atoms with Crippen molar-refractivity contribution in [2.45, 2.75) is 25.3 Å². The van der Waals surface area contributed by atoms with Gasteiger partial charge in [-0.3, -0.25) is 19.3 Å². The van der Waals surface area contributed by atoms with Crippen LogP contribution in [-0.4, -0.2) is 91.9 Å². The largest absolute Gasteiger partial charge is 0.385 e. The zero-order chi connectivity index (χ0) is 21.8. The number of fused-ring (bicyclic) bond motifs is 1. The first-order valence-electron chi connectivity index (χ1n) is 10.1. The smallest absolute Gasteiger partial charge is 0.319 e. The second kappa shape index (κ2) is 9.25. The number of imide groups is 1. The number of piperidine rings is 1. The van der Waals surface area contributed by atoms with E-state index in [9.17, 15) is 19.2 Å². The summed E-state index contributed by atoms with van der Waals surface area (Å²) >= 11 is 0. The minimum Gasteiger partial charge on any atom is -0.385 e. The number of rotatable bonds is 6. The van der Waals surface area contributed by atoms with Gasteiger partial charge in [-0.25, -0.2) is 4.79 Å². The van der Waals surface area contributed by atoms with Gasteiger partial charge in [0.2, 0.25) is 0 Å². The Bertz CT molecular complexity index is 846. The number of likely N-dealkylation sites (tertiary alicyclic amines) is 1. The molecule has 1 fully saturated rings. The molecule has 9 nitrogen and oxygen atoms in total. The Kier molecular flexibility index (Phi) is 6.71. The van der Waals surface area contributed by atoms with E-state index < -0.39 is 0 Å². The van der Waals surface area contributed by atoms with Gasteiger partial charge in [-0.2, -0.15) is 0 Å². The van der Waals surface area contributed by atoms with Crippen LogP contribution in [0.5, 0.6) is 0 Å². The van der Waals surface area contributed by atoms with Gasteiger partial charge in [-0.05, 0) is 37.5 Å². The number of ether oxygens (including phenoxy) is 1. The SMILES string of the molecule is COCCCN1C(=O)c2ccc(C(=O)NC3CCN(C(=O)N(C)C)CC3)cc2C1=O. The lowest BCUT2D eigenvalue weighted by Crippen LogP contribution is -2.49. The Morgan fingerprint density at radius 2 is 1.80 bits per heavy atom. The Labute approximate surface area is 175 Å². The maximum Gasteiger partial charge on any atom is 0.319 e. The third-order valence-electron chi connectivity index (χ3n) is 5.45. The topological polar surface area (TPSA) is 99.3 Å². The summed E-state index contributed by atoms with van der Waals surface area (Å²) in [6.45, 7) is 1.90. The van der Waals surface area contributed by atoms with Crippen molar-refractivity contribution in [3.05, 3.63) is 34.9 Å². The molecule has 1 N–H and O–H groups in total. The van der Waals surface area contributed by atoms with E-state index in [0.717, 1.165) is 0 Å². The van der Waals surface area contributed by atoms with E-state index in [1.54, 1.807) is 43.1 Å². The number of benzene rings is 1. The van der Waals surface area contributed by atoms with Crippen molar-refractivity contribution in [2.24, 2.45) is 0 Å². The van der Waals surface area contributed by atoms with E-state index in [1.165, 1.54) is 11.0 Å². The highest BCUT2D eigenvalue weighted by molar-refractivity contribution is 6.22. The molecule has 0 spiro atoms. The van der Waals surface area contributed by atoms with Crippen molar-refractivity contribution >= 4 is 23.8 Å². The normalized spacial score (nSPS) is 16.6. The Hall–Kier alpha value is -2.94. The van der Waals surface area contributed by atoms with Gasteiger partial charge in [-0.15, -0.1) is 0 Å². The van der Waals surface area contributed by atoms with Gasteiger partial charge in [0, 0.05) is 59.1 Å². The lowest BCUT2D eigenvalue weighted by Gasteiger charge is -2.33. The first-order chi connectivity index (χ1) is 14.3. The molecule has 1 aromatic rings. The molecule has 162 valence electrons. The Balaban J connectivity index is 1.61. The molecule has 0 atom stereocenters. The molecule has 0 aliphatic carbocycles. The number of methoxy groups -OCH3 is 1. The first kappa shape index (κ1) is 21.8. The molecule has 3 rings (SSSR count). The van der Waals surface area contributed by atoms with E-state index in [2.05, 4.69) is 5.32 Å². The molecule has 1 saturated heterocycles. The zero-order valence-electron chi connectivity index (χ0n) is 17.6. The quantitative estimate of drug-likeness (QED) is 0.555. The van der Waals surface area contributed by atoms with E-state index >= 15 is 0 Å². The third kappa shape index (κ3) is 4.46. The number of nitrogens with zero attached hydrogens (tertiary/aromatic N) is 3. The first-order valence-corrected chi connectivity index (χ1v) is 10.1. The van der Waals surface area contributed by atoms with Crippen LogP contribution in [0.1, 0.15) is 50.3 Å². The molecule has 0 radical (unpaired) electrons. The van der Waals surface area contributed by atoms with Crippen LogP contribution in [-0.2, 0) is 4.74 Å². The van der Waals surface area contributed by atoms with Gasteiger partial charge < -0.3 is 19.9 Å². The second-order valence-corrected chi connectivity index (χ2v) is 7.78. The molecule has 5 amide bonds. The third-order valence-corrected chi connectivity index (χ3v) is 5.45. The van der Waals surface area contributed by atoms with E-state index in [1.807, 2.05) is 0 Å². The maximum absolute atomic E-state index is 12.7. The molecule has 0 aromatic heterocycles. The summed E-state index contributed by atoms with van der Waals surface area (Å²) in [6.07, 6.45) is 1.90. The summed E-state index contributed by atoms with van der Waals surface area (Å²) in [5, 5.41) is 2.98. The summed E-state index contributed by atoms with van der Waals surface area (Å²) in [5.74, 6) is -1.000. The van der Waals surface area contributed by atoms with Gasteiger partial charge in [-0.1, -0.05) is 0 Å². The number of urea groups is 1. The standard InChI is InChI=1S/C21H28N4O5/c1-23(2)21(29)24-10-7-15(8-11-24)22-18(26)14-5-6-16-17(13-14)20(28)25(19(16)27)9-4-12-30-3/h5-6,13,15H,4,7-12H2,1-3H3,(H,22,26). The molecule has 2 aliphatic heterocycles. The van der Waals surface area contributed by atoms with Crippen LogP contribution in [0, 0.1) is 0 Å². The minimum absolute atomic E-state index is 0.0309. The molecule has 1 aromatic carbocycles. The zero-order valence-corrected chi connectivity index (χ0v) is 17.6. The monoisotopic (exact) mass is 416 g/mol. The molecular weight excluding hydrogens is 388 g/mol. The average Bonchev–Trinajstić information content (AvgIpc) is 2.98. The van der Waals surface area contributed by atoms with E-state index in [4.69, 9.17) is 4.74 Å². The molecule has 2 aliphatic rings. The fraction of sp³-hybridized carbons (Fsp3) is 0.524. The van der Waals surface area contributed by atoms with Crippen molar-refractivity contribution in [2.75, 3.05) is 47.4 Å². The van der Waals surface area contributed by atoms with E-state index in [0.29, 0.717) is 50.1 Å². The Morgan fingerprint density at radius 3 is 2.43 bits per heavy atom. The molecule has 2 heterocycles. The summed E-state index contributed by atoms with van der Waals surface area (Å²) in [7, 11) is 5.00. The molecular formula is C21H28N4O5. The summed E-state index contributed by atoms with van der Waals surface area (Å²) in [6, 6.07) is 4.53. The molecule has 30 heavy (non-hydrogen) atoms. The van der Waals surface area contributed by atoms with Gasteiger partial charge >= 0.3 is 6.03 Å². The van der Waals surface area contributed by atoms with Gasteiger partial charge in [0.25, 0.3) is 17.7 Å². The van der Waals surface area contributed by atoms with Gasteiger partial charge in [0.15, 0.2) is 0 Å². The Morgan fingerprint density at radius 1 is 1.13 bits per heavy atom. The molecule has 9 heteroatoms. The van der Waals surface area contributed by atoms with Crippen molar-refractivity contribution in [3.8, 4) is 0 Å². The van der Waals surface area contributed by atoms with Crippen LogP contribution in [0.2, 0.25) is 0 Å². The van der Waals surface area contributed by atoms with Crippen LogP contribution in [0.15, 0.2) is 18.2 Å². The number of carbonyl (C=O) groups excluding carboxylic acids is 4. The van der Waals surface area contributed by atoms with Crippen LogP contribution in [0.25, 0.3) is 0 Å². The van der Waals surface area contributed by atoms with E-state index in [-0.39, 0.29) is 41.9 Å². The molecule has 0 saturated carbocycles. The predicted molar refractivity (Wildman–Crippen MR) is 109 cm³/mol. The second-order valence-electron chi connectivity index (χ2n) is 7.78. The van der Waals surface area contributed by atoms with Crippen LogP contribution in [0.4, 0.5) is 4.79 Å². The lowest BCUT2D eigenvalue weighted by atomic mass is 10.0. The average molecular weight is 416 g/mol. The fourth-order valence-corrected chi connectivity index (χ4v) is 3.77. The highest BCUT2D eigenvalue weighted by atomic mass is 16.5. The number of hydrogen-bond donors (Lipinski definition) is 1. The van der Waals surface area contributed by atoms with Crippen LogP contribution >= 0.6 is 0 Å². The highest BCUT2D eigenvalue weighted by Crippen LogP contribution is 2.24. The summed E-state index contributed by atoms with van der Waals surface area (Å²) in [5.41, 5.74) is 0.932.